The highest BCUT2D eigenvalue weighted by molar-refractivity contribution is 9.09. The third-order valence-electron chi connectivity index (χ3n) is 4.52. The summed E-state index contributed by atoms with van der Waals surface area (Å²) in [7, 11) is 0. The highest BCUT2D eigenvalue weighted by Gasteiger charge is 2.42. The number of halogens is 1. The molecule has 0 bridgehead atoms. The van der Waals surface area contributed by atoms with Crippen molar-refractivity contribution in [1.29, 1.82) is 0 Å². The highest BCUT2D eigenvalue weighted by atomic mass is 79.9. The standard InChI is InChI=1S/C13H23BrO/c1-11-13(10-14,7-8-15-11)9-12-5-3-2-4-6-12/h11-12H,2-10H2,1H3. The Morgan fingerprint density at radius 2 is 2.00 bits per heavy atom. The van der Waals surface area contributed by atoms with Crippen LogP contribution in [-0.2, 0) is 4.74 Å². The molecule has 1 heterocycles. The van der Waals surface area contributed by atoms with Crippen LogP contribution in [0.15, 0.2) is 0 Å². The van der Waals surface area contributed by atoms with Gasteiger partial charge in [-0.05, 0) is 25.7 Å². The Kier molecular flexibility index (Phi) is 4.11. The number of ether oxygens (including phenoxy) is 1. The fourth-order valence-corrected chi connectivity index (χ4v) is 4.25. The number of hydrogen-bond donors (Lipinski definition) is 0. The molecule has 1 aliphatic carbocycles. The minimum Gasteiger partial charge on any atom is -0.378 e. The first-order chi connectivity index (χ1) is 7.27. The molecule has 2 fully saturated rings. The van der Waals surface area contributed by atoms with E-state index in [1.807, 2.05) is 0 Å². The first-order valence-corrected chi connectivity index (χ1v) is 7.56. The summed E-state index contributed by atoms with van der Waals surface area (Å²) in [4.78, 5) is 0. The smallest absolute Gasteiger partial charge is 0.0612 e. The van der Waals surface area contributed by atoms with E-state index >= 15 is 0 Å². The lowest BCUT2D eigenvalue weighted by Crippen LogP contribution is -2.33. The van der Waals surface area contributed by atoms with E-state index in [0.717, 1.165) is 17.9 Å². The van der Waals surface area contributed by atoms with Crippen LogP contribution in [0.1, 0.15) is 51.9 Å². The van der Waals surface area contributed by atoms with E-state index in [4.69, 9.17) is 4.74 Å². The van der Waals surface area contributed by atoms with Crippen LogP contribution >= 0.6 is 15.9 Å². The molecule has 0 amide bonds. The van der Waals surface area contributed by atoms with Crippen molar-refractivity contribution in [1.82, 2.24) is 0 Å². The molecule has 2 heteroatoms. The SMILES string of the molecule is CC1OCCC1(CBr)CC1CCCCC1. The molecule has 0 aromatic carbocycles. The molecule has 0 aromatic heterocycles. The summed E-state index contributed by atoms with van der Waals surface area (Å²) < 4.78 is 5.77. The van der Waals surface area contributed by atoms with Gasteiger partial charge < -0.3 is 4.74 Å². The summed E-state index contributed by atoms with van der Waals surface area (Å²) in [5.74, 6) is 0.973. The Morgan fingerprint density at radius 1 is 1.27 bits per heavy atom. The van der Waals surface area contributed by atoms with E-state index in [9.17, 15) is 0 Å². The predicted molar refractivity (Wildman–Crippen MR) is 67.5 cm³/mol. The summed E-state index contributed by atoms with van der Waals surface area (Å²) in [5, 5.41) is 1.12. The average Bonchev–Trinajstić information content (AvgIpc) is 2.62. The topological polar surface area (TPSA) is 9.23 Å². The molecule has 2 rings (SSSR count). The van der Waals surface area contributed by atoms with Crippen molar-refractivity contribution in [2.75, 3.05) is 11.9 Å². The highest BCUT2D eigenvalue weighted by Crippen LogP contribution is 2.44. The lowest BCUT2D eigenvalue weighted by Gasteiger charge is -2.35. The minimum atomic E-state index is 0.446. The van der Waals surface area contributed by atoms with Crippen LogP contribution in [0.5, 0.6) is 0 Å². The molecule has 2 unspecified atom stereocenters. The van der Waals surface area contributed by atoms with Crippen molar-refractivity contribution in [2.45, 2.75) is 58.0 Å². The Morgan fingerprint density at radius 3 is 2.53 bits per heavy atom. The van der Waals surface area contributed by atoms with Gasteiger partial charge in [0.15, 0.2) is 0 Å². The molecule has 0 N–H and O–H groups in total. The maximum absolute atomic E-state index is 5.77. The van der Waals surface area contributed by atoms with E-state index in [1.54, 1.807) is 0 Å². The minimum absolute atomic E-state index is 0.446. The van der Waals surface area contributed by atoms with Crippen molar-refractivity contribution in [3.63, 3.8) is 0 Å². The molecule has 0 spiro atoms. The quantitative estimate of drug-likeness (QED) is 0.703. The monoisotopic (exact) mass is 274 g/mol. The van der Waals surface area contributed by atoms with Gasteiger partial charge in [-0.2, -0.15) is 0 Å². The zero-order valence-electron chi connectivity index (χ0n) is 9.80. The third-order valence-corrected chi connectivity index (χ3v) is 5.63. The summed E-state index contributed by atoms with van der Waals surface area (Å²) in [6, 6.07) is 0. The molecular formula is C13H23BrO. The van der Waals surface area contributed by atoms with Crippen LogP contribution in [0.4, 0.5) is 0 Å². The summed E-state index contributed by atoms with van der Waals surface area (Å²) in [6.45, 7) is 3.23. The van der Waals surface area contributed by atoms with Crippen LogP contribution in [0.25, 0.3) is 0 Å². The zero-order valence-corrected chi connectivity index (χ0v) is 11.4. The van der Waals surface area contributed by atoms with Crippen molar-refractivity contribution in [3.05, 3.63) is 0 Å². The normalized spacial score (nSPS) is 38.4. The van der Waals surface area contributed by atoms with Gasteiger partial charge in [-0.1, -0.05) is 48.0 Å². The van der Waals surface area contributed by atoms with E-state index in [-0.39, 0.29) is 0 Å². The van der Waals surface area contributed by atoms with Gasteiger partial charge in [-0.15, -0.1) is 0 Å². The lowest BCUT2D eigenvalue weighted by atomic mass is 9.72. The Hall–Kier alpha value is 0.440. The van der Waals surface area contributed by atoms with Crippen LogP contribution in [0.3, 0.4) is 0 Å². The van der Waals surface area contributed by atoms with Crippen LogP contribution in [0, 0.1) is 11.3 Å². The van der Waals surface area contributed by atoms with Crippen LogP contribution in [-0.4, -0.2) is 18.0 Å². The number of rotatable bonds is 3. The molecule has 1 aliphatic heterocycles. The Balaban J connectivity index is 1.94. The first kappa shape index (κ1) is 11.9. The van der Waals surface area contributed by atoms with Gasteiger partial charge in [0.05, 0.1) is 6.10 Å². The summed E-state index contributed by atoms with van der Waals surface area (Å²) in [5.41, 5.74) is 0.446. The molecule has 1 saturated carbocycles. The third kappa shape index (κ3) is 2.58. The second-order valence-corrected chi connectivity index (χ2v) is 6.03. The Bertz CT molecular complexity index is 201. The molecule has 2 atom stereocenters. The molecule has 15 heavy (non-hydrogen) atoms. The van der Waals surface area contributed by atoms with E-state index in [0.29, 0.717) is 11.5 Å². The van der Waals surface area contributed by atoms with Crippen LogP contribution < -0.4 is 0 Å². The van der Waals surface area contributed by atoms with Crippen molar-refractivity contribution >= 4 is 15.9 Å². The summed E-state index contributed by atoms with van der Waals surface area (Å²) in [6.07, 6.45) is 10.4. The van der Waals surface area contributed by atoms with Crippen molar-refractivity contribution in [2.24, 2.45) is 11.3 Å². The molecule has 2 aliphatic rings. The zero-order chi connectivity index (χ0) is 10.7. The van der Waals surface area contributed by atoms with Gasteiger partial charge >= 0.3 is 0 Å². The molecule has 0 aromatic rings. The van der Waals surface area contributed by atoms with Crippen molar-refractivity contribution in [3.8, 4) is 0 Å². The van der Waals surface area contributed by atoms with Crippen molar-refractivity contribution < 1.29 is 4.74 Å². The first-order valence-electron chi connectivity index (χ1n) is 6.44. The molecule has 1 saturated heterocycles. The molecule has 0 radical (unpaired) electrons. The second kappa shape index (κ2) is 5.18. The van der Waals surface area contributed by atoms with Gasteiger partial charge in [-0.25, -0.2) is 0 Å². The molecule has 1 nitrogen and oxygen atoms in total. The van der Waals surface area contributed by atoms with E-state index in [1.165, 1.54) is 44.9 Å². The summed E-state index contributed by atoms with van der Waals surface area (Å²) >= 11 is 3.72. The maximum atomic E-state index is 5.77. The second-order valence-electron chi connectivity index (χ2n) is 5.47. The van der Waals surface area contributed by atoms with Gasteiger partial charge in [-0.3, -0.25) is 0 Å². The number of alkyl halides is 1. The van der Waals surface area contributed by atoms with Gasteiger partial charge in [0.25, 0.3) is 0 Å². The van der Waals surface area contributed by atoms with Gasteiger partial charge in [0, 0.05) is 17.4 Å². The van der Waals surface area contributed by atoms with Gasteiger partial charge in [0.1, 0.15) is 0 Å². The average molecular weight is 275 g/mol. The molecule has 88 valence electrons. The number of hydrogen-bond acceptors (Lipinski definition) is 1. The largest absolute Gasteiger partial charge is 0.378 e. The Labute approximate surface area is 102 Å². The fraction of sp³-hybridized carbons (Fsp3) is 1.00. The van der Waals surface area contributed by atoms with E-state index < -0.39 is 0 Å². The predicted octanol–water partition coefficient (Wildman–Crippen LogP) is 4.15. The van der Waals surface area contributed by atoms with Crippen LogP contribution in [0.2, 0.25) is 0 Å². The lowest BCUT2D eigenvalue weighted by molar-refractivity contribution is 0.0584. The molecular weight excluding hydrogens is 252 g/mol. The maximum Gasteiger partial charge on any atom is 0.0612 e. The van der Waals surface area contributed by atoms with E-state index in [2.05, 4.69) is 22.9 Å². The van der Waals surface area contributed by atoms with Gasteiger partial charge in [0.2, 0.25) is 0 Å². The fourth-order valence-electron chi connectivity index (χ4n) is 3.28.